The van der Waals surface area contributed by atoms with Crippen molar-refractivity contribution in [3.05, 3.63) is 27.5 Å². The maximum atomic E-state index is 12.2. The van der Waals surface area contributed by atoms with E-state index in [1.807, 2.05) is 6.92 Å². The molecule has 0 bridgehead atoms. The van der Waals surface area contributed by atoms with Crippen LogP contribution in [0.25, 0.3) is 0 Å². The van der Waals surface area contributed by atoms with E-state index < -0.39 is 21.7 Å². The third kappa shape index (κ3) is 2.86. The van der Waals surface area contributed by atoms with Gasteiger partial charge in [-0.3, -0.25) is 5.10 Å². The van der Waals surface area contributed by atoms with Crippen LogP contribution in [0.4, 0.5) is 0 Å². The van der Waals surface area contributed by atoms with E-state index >= 15 is 0 Å². The molecule has 0 radical (unpaired) electrons. The van der Waals surface area contributed by atoms with Crippen LogP contribution in [-0.4, -0.2) is 34.7 Å². The van der Waals surface area contributed by atoms with Crippen LogP contribution in [0.5, 0.6) is 0 Å². The Labute approximate surface area is 118 Å². The third-order valence-corrected chi connectivity index (χ3v) is 4.94. The molecule has 10 heteroatoms. The van der Waals surface area contributed by atoms with Crippen LogP contribution in [0.1, 0.15) is 26.1 Å². The first-order valence-corrected chi connectivity index (χ1v) is 7.80. The Morgan fingerprint density at radius 3 is 2.75 bits per heavy atom. The number of nitrogens with one attached hydrogen (secondary N) is 2. The number of aromatic amines is 1. The van der Waals surface area contributed by atoms with Gasteiger partial charge >= 0.3 is 5.97 Å². The van der Waals surface area contributed by atoms with Crippen molar-refractivity contribution in [2.45, 2.75) is 25.3 Å². The number of hydrogen-bond acceptors (Lipinski definition) is 6. The second-order valence-corrected chi connectivity index (χ2v) is 7.02. The summed E-state index contributed by atoms with van der Waals surface area (Å²) >= 11 is 1.36. The Morgan fingerprint density at radius 1 is 1.50 bits per heavy atom. The Hall–Kier alpha value is -1.78. The number of H-pyrrole nitrogens is 1. The van der Waals surface area contributed by atoms with Gasteiger partial charge in [-0.15, -0.1) is 11.3 Å². The molecule has 8 nitrogen and oxygen atoms in total. The van der Waals surface area contributed by atoms with E-state index in [9.17, 15) is 13.2 Å². The number of rotatable bonds is 5. The second kappa shape index (κ2) is 5.31. The molecule has 2 heterocycles. The molecule has 20 heavy (non-hydrogen) atoms. The van der Waals surface area contributed by atoms with Crippen LogP contribution in [0.2, 0.25) is 0 Å². The Kier molecular flexibility index (Phi) is 3.88. The lowest BCUT2D eigenvalue weighted by atomic mass is 10.4. The van der Waals surface area contributed by atoms with Crippen molar-refractivity contribution in [3.63, 3.8) is 0 Å². The number of hydrogen-bond donors (Lipinski definition) is 3. The molecule has 0 unspecified atom stereocenters. The number of nitrogens with zero attached hydrogens (tertiary/aromatic N) is 2. The molecule has 0 spiro atoms. The molecular weight excluding hydrogens is 304 g/mol. The van der Waals surface area contributed by atoms with Gasteiger partial charge in [0.15, 0.2) is 5.69 Å². The van der Waals surface area contributed by atoms with Crippen molar-refractivity contribution in [2.24, 2.45) is 0 Å². The maximum Gasteiger partial charge on any atom is 0.357 e. The fourth-order valence-electron chi connectivity index (χ4n) is 1.62. The number of carboxylic acids is 1. The van der Waals surface area contributed by atoms with E-state index in [1.54, 1.807) is 6.20 Å². The summed E-state index contributed by atoms with van der Waals surface area (Å²) in [6, 6.07) is 0. The number of aromatic nitrogens is 3. The number of thiazole rings is 1. The zero-order chi connectivity index (χ0) is 14.9. The second-order valence-electron chi connectivity index (χ2n) is 4.00. The van der Waals surface area contributed by atoms with Gasteiger partial charge < -0.3 is 5.11 Å². The van der Waals surface area contributed by atoms with Crippen molar-refractivity contribution < 1.29 is 18.3 Å². The lowest BCUT2D eigenvalue weighted by Gasteiger charge is -2.05. The summed E-state index contributed by atoms with van der Waals surface area (Å²) in [4.78, 5) is 15.4. The highest BCUT2D eigenvalue weighted by molar-refractivity contribution is 7.89. The summed E-state index contributed by atoms with van der Waals surface area (Å²) in [5.74, 6) is -1.40. The van der Waals surface area contributed by atoms with Gasteiger partial charge in [0.05, 0.1) is 10.7 Å². The van der Waals surface area contributed by atoms with E-state index in [0.717, 1.165) is 9.88 Å². The first-order chi connectivity index (χ1) is 9.31. The van der Waals surface area contributed by atoms with Crippen molar-refractivity contribution in [1.29, 1.82) is 0 Å². The lowest BCUT2D eigenvalue weighted by molar-refractivity contribution is 0.0686. The van der Waals surface area contributed by atoms with Crippen molar-refractivity contribution in [2.75, 3.05) is 0 Å². The van der Waals surface area contributed by atoms with Gasteiger partial charge in [0.25, 0.3) is 0 Å². The smallest absolute Gasteiger partial charge is 0.357 e. The van der Waals surface area contributed by atoms with Crippen LogP contribution in [0.15, 0.2) is 11.1 Å². The maximum absolute atomic E-state index is 12.2. The number of aryl methyl sites for hydroxylation is 2. The van der Waals surface area contributed by atoms with Crippen molar-refractivity contribution in [1.82, 2.24) is 19.9 Å². The van der Waals surface area contributed by atoms with Crippen LogP contribution in [0, 0.1) is 13.8 Å². The van der Waals surface area contributed by atoms with E-state index in [4.69, 9.17) is 5.11 Å². The average Bonchev–Trinajstić information content (AvgIpc) is 2.93. The van der Waals surface area contributed by atoms with Gasteiger partial charge in [0.1, 0.15) is 4.90 Å². The van der Waals surface area contributed by atoms with E-state index in [2.05, 4.69) is 19.9 Å². The zero-order valence-corrected chi connectivity index (χ0v) is 12.3. The quantitative estimate of drug-likeness (QED) is 0.744. The highest BCUT2D eigenvalue weighted by atomic mass is 32.2. The van der Waals surface area contributed by atoms with Crippen LogP contribution >= 0.6 is 11.3 Å². The highest BCUT2D eigenvalue weighted by Crippen LogP contribution is 2.18. The molecule has 0 atom stereocenters. The van der Waals surface area contributed by atoms with Crippen LogP contribution < -0.4 is 4.72 Å². The molecule has 0 aliphatic carbocycles. The molecule has 0 aliphatic rings. The van der Waals surface area contributed by atoms with Crippen LogP contribution in [0.3, 0.4) is 0 Å². The Bertz CT molecular complexity index is 747. The fourth-order valence-corrected chi connectivity index (χ4v) is 3.77. The molecule has 0 aromatic carbocycles. The summed E-state index contributed by atoms with van der Waals surface area (Å²) in [6.45, 7) is 3.31. The number of sulfonamides is 1. The van der Waals surface area contributed by atoms with Gasteiger partial charge in [0, 0.05) is 17.6 Å². The third-order valence-electron chi connectivity index (χ3n) is 2.47. The zero-order valence-electron chi connectivity index (χ0n) is 10.7. The minimum Gasteiger partial charge on any atom is -0.476 e. The topological polar surface area (TPSA) is 125 Å². The van der Waals surface area contributed by atoms with Crippen molar-refractivity contribution in [3.8, 4) is 0 Å². The lowest BCUT2D eigenvalue weighted by Crippen LogP contribution is -2.25. The van der Waals surface area contributed by atoms with E-state index in [1.165, 1.54) is 18.3 Å². The molecule has 2 aromatic heterocycles. The first-order valence-electron chi connectivity index (χ1n) is 5.50. The molecule has 108 valence electrons. The predicted octanol–water partition coefficient (Wildman–Crippen LogP) is 0.660. The summed E-state index contributed by atoms with van der Waals surface area (Å²) in [5, 5.41) is 15.6. The average molecular weight is 316 g/mol. The first kappa shape index (κ1) is 14.6. The van der Waals surface area contributed by atoms with Crippen LogP contribution in [-0.2, 0) is 16.6 Å². The molecule has 0 fully saturated rings. The van der Waals surface area contributed by atoms with Gasteiger partial charge in [0.2, 0.25) is 10.0 Å². The molecule has 3 N–H and O–H groups in total. The molecule has 2 aromatic rings. The molecule has 0 amide bonds. The van der Waals surface area contributed by atoms with E-state index in [-0.39, 0.29) is 17.1 Å². The molecule has 0 saturated heterocycles. The van der Waals surface area contributed by atoms with Gasteiger partial charge in [-0.25, -0.2) is 22.9 Å². The summed E-state index contributed by atoms with van der Waals surface area (Å²) in [6.07, 6.45) is 1.57. The molecule has 2 rings (SSSR count). The summed E-state index contributed by atoms with van der Waals surface area (Å²) in [7, 11) is -3.96. The summed E-state index contributed by atoms with van der Waals surface area (Å²) in [5.41, 5.74) is -0.342. The fraction of sp³-hybridized carbons (Fsp3) is 0.300. The predicted molar refractivity (Wildman–Crippen MR) is 71.2 cm³/mol. The van der Waals surface area contributed by atoms with Gasteiger partial charge in [-0.1, -0.05) is 0 Å². The molecular formula is C10H12N4O4S2. The van der Waals surface area contributed by atoms with E-state index in [0.29, 0.717) is 0 Å². The minimum atomic E-state index is -3.96. The monoisotopic (exact) mass is 316 g/mol. The molecule has 0 saturated carbocycles. The van der Waals surface area contributed by atoms with Gasteiger partial charge in [-0.2, -0.15) is 5.10 Å². The Balaban J connectivity index is 2.27. The number of carboxylic acid groups (broad SMARTS) is 1. The van der Waals surface area contributed by atoms with Crippen molar-refractivity contribution >= 4 is 27.3 Å². The standard InChI is InChI=1S/C10H12N4O4S2/c1-5-9(8(10(15)16)14-13-5)20(17,18)12-4-7-3-11-6(2)19-7/h3,12H,4H2,1-2H3,(H,13,14)(H,15,16). The molecule has 0 aliphatic heterocycles. The van der Waals surface area contributed by atoms with Gasteiger partial charge in [-0.05, 0) is 13.8 Å². The normalized spacial score (nSPS) is 11.7. The number of carbonyl (C=O) groups is 1. The SMILES string of the molecule is Cc1ncc(CNS(=O)(=O)c2c(C(=O)O)n[nH]c2C)s1. The number of aromatic carboxylic acids is 1. The highest BCUT2D eigenvalue weighted by Gasteiger charge is 2.28. The largest absolute Gasteiger partial charge is 0.476 e. The minimum absolute atomic E-state index is 0.0531. The summed E-state index contributed by atoms with van der Waals surface area (Å²) < 4.78 is 26.7. The Morgan fingerprint density at radius 2 is 2.20 bits per heavy atom.